The number of carboxylic acids is 1. The molecule has 1 unspecified atom stereocenters. The number of rotatable bonds is 3. The molecule has 0 spiro atoms. The van der Waals surface area contributed by atoms with Crippen molar-refractivity contribution in [1.82, 2.24) is 5.32 Å². The molecule has 1 aliphatic rings. The number of amides is 1. The van der Waals surface area contributed by atoms with Crippen molar-refractivity contribution in [3.63, 3.8) is 0 Å². The highest BCUT2D eigenvalue weighted by Gasteiger charge is 2.15. The molecule has 82 valence electrons. The van der Waals surface area contributed by atoms with E-state index in [4.69, 9.17) is 14.6 Å². The molecule has 0 aromatic heterocycles. The summed E-state index contributed by atoms with van der Waals surface area (Å²) < 4.78 is 9.63. The zero-order valence-electron chi connectivity index (χ0n) is 8.10. The van der Waals surface area contributed by atoms with E-state index in [0.717, 1.165) is 0 Å². The van der Waals surface area contributed by atoms with Crippen LogP contribution in [0.3, 0.4) is 0 Å². The summed E-state index contributed by atoms with van der Waals surface area (Å²) in [6.45, 7) is 1.67. The second-order valence-electron chi connectivity index (χ2n) is 2.84. The van der Waals surface area contributed by atoms with Crippen LogP contribution in [0.25, 0.3) is 0 Å². The molecule has 0 aliphatic carbocycles. The molecule has 1 heterocycles. The van der Waals surface area contributed by atoms with Gasteiger partial charge in [-0.1, -0.05) is 0 Å². The summed E-state index contributed by atoms with van der Waals surface area (Å²) >= 11 is 0. The van der Waals surface area contributed by atoms with Crippen molar-refractivity contribution in [1.29, 1.82) is 0 Å². The van der Waals surface area contributed by atoms with Crippen LogP contribution in [0.15, 0.2) is 24.2 Å². The Hall–Kier alpha value is -1.98. The van der Waals surface area contributed by atoms with Crippen LogP contribution in [0.4, 0.5) is 4.79 Å². The van der Waals surface area contributed by atoms with Crippen molar-refractivity contribution in [2.75, 3.05) is 6.61 Å². The Morgan fingerprint density at radius 3 is 2.93 bits per heavy atom. The molecular formula is C9H11NO5. The maximum Gasteiger partial charge on any atom is 0.413 e. The van der Waals surface area contributed by atoms with E-state index < -0.39 is 18.1 Å². The van der Waals surface area contributed by atoms with Crippen LogP contribution in [0.2, 0.25) is 0 Å². The lowest BCUT2D eigenvalue weighted by molar-refractivity contribution is -0.138. The van der Waals surface area contributed by atoms with Gasteiger partial charge >= 0.3 is 12.1 Å². The maximum absolute atomic E-state index is 11.1. The van der Waals surface area contributed by atoms with Crippen molar-refractivity contribution < 1.29 is 24.2 Å². The van der Waals surface area contributed by atoms with Crippen molar-refractivity contribution in [3.05, 3.63) is 24.2 Å². The van der Waals surface area contributed by atoms with Gasteiger partial charge < -0.3 is 19.9 Å². The van der Waals surface area contributed by atoms with E-state index in [9.17, 15) is 9.59 Å². The predicted octanol–water partition coefficient (Wildman–Crippen LogP) is 0.613. The molecule has 1 rings (SSSR count). The number of alkyl carbamates (subject to hydrolysis) is 1. The second-order valence-corrected chi connectivity index (χ2v) is 2.84. The highest BCUT2D eigenvalue weighted by molar-refractivity contribution is 5.79. The molecule has 15 heavy (non-hydrogen) atoms. The number of aliphatic carboxylic acids is 1. The molecule has 0 saturated heterocycles. The van der Waals surface area contributed by atoms with E-state index in [1.165, 1.54) is 19.3 Å². The first-order valence-corrected chi connectivity index (χ1v) is 4.29. The molecule has 0 fully saturated rings. The first kappa shape index (κ1) is 11.1. The van der Waals surface area contributed by atoms with Crippen LogP contribution in [-0.2, 0) is 14.3 Å². The van der Waals surface area contributed by atoms with E-state index in [0.29, 0.717) is 12.4 Å². The van der Waals surface area contributed by atoms with Crippen molar-refractivity contribution in [3.8, 4) is 0 Å². The molecule has 0 saturated carbocycles. The number of ether oxygens (including phenoxy) is 2. The normalized spacial score (nSPS) is 15.9. The number of hydrogen-bond acceptors (Lipinski definition) is 4. The van der Waals surface area contributed by atoms with E-state index >= 15 is 0 Å². The Morgan fingerprint density at radius 1 is 1.67 bits per heavy atom. The summed E-state index contributed by atoms with van der Waals surface area (Å²) in [5.74, 6) is -0.792. The number of carbonyl (C=O) groups is 2. The van der Waals surface area contributed by atoms with Crippen molar-refractivity contribution in [2.45, 2.75) is 13.0 Å². The molecule has 1 aliphatic heterocycles. The minimum Gasteiger partial charge on any atom is -0.497 e. The first-order chi connectivity index (χ1) is 7.09. The fourth-order valence-corrected chi connectivity index (χ4v) is 0.820. The number of nitrogens with one attached hydrogen (secondary N) is 1. The summed E-state index contributed by atoms with van der Waals surface area (Å²) in [5, 5.41) is 10.7. The SMILES string of the molecule is CC(NC(=O)OC1=CCOC=C1)C(=O)O. The van der Waals surface area contributed by atoms with Crippen LogP contribution in [-0.4, -0.2) is 29.8 Å². The molecule has 0 aromatic rings. The highest BCUT2D eigenvalue weighted by atomic mass is 16.6. The molecule has 2 N–H and O–H groups in total. The molecule has 0 radical (unpaired) electrons. The minimum atomic E-state index is -1.12. The van der Waals surface area contributed by atoms with Crippen LogP contribution in [0, 0.1) is 0 Å². The number of hydrogen-bond donors (Lipinski definition) is 2. The fourth-order valence-electron chi connectivity index (χ4n) is 0.820. The molecule has 0 aromatic carbocycles. The van der Waals surface area contributed by atoms with E-state index in [-0.39, 0.29) is 0 Å². The van der Waals surface area contributed by atoms with Gasteiger partial charge in [-0.2, -0.15) is 0 Å². The standard InChI is InChI=1S/C9H11NO5/c1-6(8(11)12)10-9(13)15-7-2-4-14-5-3-7/h2-4,6H,5H2,1H3,(H,10,13)(H,11,12). The van der Waals surface area contributed by atoms with E-state index in [1.807, 2.05) is 0 Å². The van der Waals surface area contributed by atoms with Gasteiger partial charge in [-0.25, -0.2) is 4.79 Å². The van der Waals surface area contributed by atoms with Gasteiger partial charge in [0.05, 0.1) is 6.26 Å². The van der Waals surface area contributed by atoms with Crippen LogP contribution in [0.1, 0.15) is 6.92 Å². The molecule has 1 amide bonds. The topological polar surface area (TPSA) is 84.9 Å². The average Bonchev–Trinajstić information content (AvgIpc) is 2.18. The Labute approximate surface area is 86.2 Å². The van der Waals surface area contributed by atoms with Gasteiger partial charge in [-0.3, -0.25) is 4.79 Å². The Bertz CT molecular complexity index is 320. The summed E-state index contributed by atoms with van der Waals surface area (Å²) in [5.41, 5.74) is 0. The van der Waals surface area contributed by atoms with Gasteiger partial charge in [0, 0.05) is 6.08 Å². The van der Waals surface area contributed by atoms with Crippen molar-refractivity contribution >= 4 is 12.1 Å². The Morgan fingerprint density at radius 2 is 2.40 bits per heavy atom. The van der Waals surface area contributed by atoms with E-state index in [1.54, 1.807) is 6.08 Å². The minimum absolute atomic E-state index is 0.327. The molecule has 0 bridgehead atoms. The quantitative estimate of drug-likeness (QED) is 0.717. The fraction of sp³-hybridized carbons (Fsp3) is 0.333. The Kier molecular flexibility index (Phi) is 3.73. The number of carboxylic acid groups (broad SMARTS) is 1. The highest BCUT2D eigenvalue weighted by Crippen LogP contribution is 2.05. The molecule has 6 nitrogen and oxygen atoms in total. The van der Waals surface area contributed by atoms with Gasteiger partial charge in [0.15, 0.2) is 0 Å². The zero-order chi connectivity index (χ0) is 11.3. The number of carbonyl (C=O) groups excluding carboxylic acids is 1. The van der Waals surface area contributed by atoms with Crippen LogP contribution >= 0.6 is 0 Å². The van der Waals surface area contributed by atoms with Crippen LogP contribution < -0.4 is 5.32 Å². The summed E-state index contributed by atoms with van der Waals surface area (Å²) in [7, 11) is 0. The Balaban J connectivity index is 2.39. The summed E-state index contributed by atoms with van der Waals surface area (Å²) in [6, 6.07) is -0.984. The third kappa shape index (κ3) is 3.72. The largest absolute Gasteiger partial charge is 0.497 e. The lowest BCUT2D eigenvalue weighted by atomic mass is 10.3. The average molecular weight is 213 g/mol. The third-order valence-electron chi connectivity index (χ3n) is 1.62. The van der Waals surface area contributed by atoms with Gasteiger partial charge in [-0.15, -0.1) is 0 Å². The maximum atomic E-state index is 11.1. The lowest BCUT2D eigenvalue weighted by Crippen LogP contribution is -2.38. The predicted molar refractivity (Wildman–Crippen MR) is 49.9 cm³/mol. The monoisotopic (exact) mass is 213 g/mol. The van der Waals surface area contributed by atoms with E-state index in [2.05, 4.69) is 5.32 Å². The molecule has 6 heteroatoms. The second kappa shape index (κ2) is 5.04. The smallest absolute Gasteiger partial charge is 0.413 e. The van der Waals surface area contributed by atoms with Gasteiger partial charge in [0.25, 0.3) is 0 Å². The zero-order valence-corrected chi connectivity index (χ0v) is 8.10. The lowest BCUT2D eigenvalue weighted by Gasteiger charge is -2.11. The van der Waals surface area contributed by atoms with Crippen molar-refractivity contribution in [2.24, 2.45) is 0 Å². The van der Waals surface area contributed by atoms with Gasteiger partial charge in [0.1, 0.15) is 18.4 Å². The third-order valence-corrected chi connectivity index (χ3v) is 1.62. The number of allylic oxidation sites excluding steroid dienone is 1. The molecule has 1 atom stereocenters. The summed E-state index contributed by atoms with van der Waals surface area (Å²) in [6.07, 6.45) is 3.62. The summed E-state index contributed by atoms with van der Waals surface area (Å²) in [4.78, 5) is 21.5. The van der Waals surface area contributed by atoms with Gasteiger partial charge in [0.2, 0.25) is 0 Å². The van der Waals surface area contributed by atoms with Crippen LogP contribution in [0.5, 0.6) is 0 Å². The van der Waals surface area contributed by atoms with Gasteiger partial charge in [-0.05, 0) is 13.0 Å². The first-order valence-electron chi connectivity index (χ1n) is 4.29. The molecular weight excluding hydrogens is 202 g/mol.